The van der Waals surface area contributed by atoms with Crippen molar-refractivity contribution in [2.75, 3.05) is 12.4 Å². The van der Waals surface area contributed by atoms with Crippen molar-refractivity contribution in [3.63, 3.8) is 0 Å². The van der Waals surface area contributed by atoms with Crippen molar-refractivity contribution < 1.29 is 4.74 Å². The third kappa shape index (κ3) is 3.31. The standard InChI is InChI=1S/C15H18N2O/c1-12-7-8-16-10-15(12)17-9-13-3-5-14(6-4-13)11-18-2/h3-8,10,17H,9,11H2,1-2H3. The quantitative estimate of drug-likeness (QED) is 0.874. The summed E-state index contributed by atoms with van der Waals surface area (Å²) in [6.07, 6.45) is 3.66. The summed E-state index contributed by atoms with van der Waals surface area (Å²) in [5.74, 6) is 0. The number of anilines is 1. The monoisotopic (exact) mass is 242 g/mol. The van der Waals surface area contributed by atoms with E-state index in [4.69, 9.17) is 4.74 Å². The van der Waals surface area contributed by atoms with Gasteiger partial charge in [0.05, 0.1) is 18.5 Å². The van der Waals surface area contributed by atoms with Crippen LogP contribution in [0, 0.1) is 6.92 Å². The molecule has 3 heteroatoms. The second kappa shape index (κ2) is 6.17. The maximum Gasteiger partial charge on any atom is 0.0713 e. The third-order valence-electron chi connectivity index (χ3n) is 2.86. The molecule has 18 heavy (non-hydrogen) atoms. The molecule has 0 aliphatic heterocycles. The molecule has 0 atom stereocenters. The maximum absolute atomic E-state index is 5.09. The lowest BCUT2D eigenvalue weighted by Crippen LogP contribution is -2.01. The van der Waals surface area contributed by atoms with Crippen molar-refractivity contribution >= 4 is 5.69 Å². The van der Waals surface area contributed by atoms with Crippen LogP contribution in [-0.2, 0) is 17.9 Å². The Morgan fingerprint density at radius 1 is 1.11 bits per heavy atom. The minimum atomic E-state index is 0.662. The van der Waals surface area contributed by atoms with Gasteiger partial charge in [-0.15, -0.1) is 0 Å². The summed E-state index contributed by atoms with van der Waals surface area (Å²) in [5, 5.41) is 3.39. The highest BCUT2D eigenvalue weighted by Crippen LogP contribution is 2.13. The first kappa shape index (κ1) is 12.6. The fourth-order valence-corrected chi connectivity index (χ4v) is 1.77. The summed E-state index contributed by atoms with van der Waals surface area (Å²) in [6, 6.07) is 10.4. The number of ether oxygens (including phenoxy) is 1. The summed E-state index contributed by atoms with van der Waals surface area (Å²) < 4.78 is 5.09. The van der Waals surface area contributed by atoms with Crippen molar-refractivity contribution in [2.45, 2.75) is 20.1 Å². The molecule has 0 spiro atoms. The van der Waals surface area contributed by atoms with Crippen LogP contribution in [0.3, 0.4) is 0 Å². The predicted molar refractivity (Wildman–Crippen MR) is 73.5 cm³/mol. The molecule has 2 rings (SSSR count). The summed E-state index contributed by atoms with van der Waals surface area (Å²) in [4.78, 5) is 4.12. The van der Waals surface area contributed by atoms with E-state index in [0.29, 0.717) is 6.61 Å². The Morgan fingerprint density at radius 2 is 1.83 bits per heavy atom. The van der Waals surface area contributed by atoms with Crippen molar-refractivity contribution in [3.8, 4) is 0 Å². The van der Waals surface area contributed by atoms with Gasteiger partial charge in [-0.25, -0.2) is 0 Å². The number of hydrogen-bond acceptors (Lipinski definition) is 3. The van der Waals surface area contributed by atoms with Crippen LogP contribution in [-0.4, -0.2) is 12.1 Å². The van der Waals surface area contributed by atoms with Crippen molar-refractivity contribution in [2.24, 2.45) is 0 Å². The lowest BCUT2D eigenvalue weighted by molar-refractivity contribution is 0.185. The number of benzene rings is 1. The van der Waals surface area contributed by atoms with E-state index < -0.39 is 0 Å². The van der Waals surface area contributed by atoms with E-state index in [9.17, 15) is 0 Å². The van der Waals surface area contributed by atoms with E-state index in [0.717, 1.165) is 12.2 Å². The van der Waals surface area contributed by atoms with Gasteiger partial charge in [-0.3, -0.25) is 4.98 Å². The topological polar surface area (TPSA) is 34.1 Å². The Labute approximate surface area is 108 Å². The van der Waals surface area contributed by atoms with Crippen LogP contribution in [0.1, 0.15) is 16.7 Å². The summed E-state index contributed by atoms with van der Waals surface area (Å²) in [6.45, 7) is 3.54. The highest BCUT2D eigenvalue weighted by Gasteiger charge is 1.98. The van der Waals surface area contributed by atoms with Crippen LogP contribution in [0.4, 0.5) is 5.69 Å². The number of methoxy groups -OCH3 is 1. The predicted octanol–water partition coefficient (Wildman–Crippen LogP) is 3.15. The number of aryl methyl sites for hydroxylation is 1. The smallest absolute Gasteiger partial charge is 0.0713 e. The van der Waals surface area contributed by atoms with E-state index >= 15 is 0 Å². The normalized spacial score (nSPS) is 10.3. The Bertz CT molecular complexity index is 494. The van der Waals surface area contributed by atoms with Gasteiger partial charge >= 0.3 is 0 Å². The maximum atomic E-state index is 5.09. The van der Waals surface area contributed by atoms with Gasteiger partial charge in [0.1, 0.15) is 0 Å². The van der Waals surface area contributed by atoms with E-state index in [1.165, 1.54) is 16.7 Å². The molecular formula is C15H18N2O. The molecule has 1 N–H and O–H groups in total. The SMILES string of the molecule is COCc1ccc(CNc2cnccc2C)cc1. The Morgan fingerprint density at radius 3 is 2.50 bits per heavy atom. The zero-order chi connectivity index (χ0) is 12.8. The molecule has 0 saturated carbocycles. The molecule has 3 nitrogen and oxygen atoms in total. The minimum absolute atomic E-state index is 0.662. The van der Waals surface area contributed by atoms with Crippen molar-refractivity contribution in [1.82, 2.24) is 4.98 Å². The first-order chi connectivity index (χ1) is 8.79. The summed E-state index contributed by atoms with van der Waals surface area (Å²) in [5.41, 5.74) is 4.73. The fourth-order valence-electron chi connectivity index (χ4n) is 1.77. The molecule has 0 aliphatic rings. The van der Waals surface area contributed by atoms with Gasteiger partial charge in [0.2, 0.25) is 0 Å². The average Bonchev–Trinajstić information content (AvgIpc) is 2.40. The highest BCUT2D eigenvalue weighted by atomic mass is 16.5. The van der Waals surface area contributed by atoms with E-state index in [1.54, 1.807) is 13.3 Å². The molecule has 1 aromatic heterocycles. The van der Waals surface area contributed by atoms with Gasteiger partial charge in [-0.05, 0) is 29.7 Å². The molecular weight excluding hydrogens is 224 g/mol. The van der Waals surface area contributed by atoms with Crippen LogP contribution in [0.25, 0.3) is 0 Å². The molecule has 0 aliphatic carbocycles. The van der Waals surface area contributed by atoms with Crippen LogP contribution in [0.5, 0.6) is 0 Å². The second-order valence-corrected chi connectivity index (χ2v) is 4.29. The minimum Gasteiger partial charge on any atom is -0.380 e. The van der Waals surface area contributed by atoms with E-state index in [-0.39, 0.29) is 0 Å². The summed E-state index contributed by atoms with van der Waals surface area (Å²) in [7, 11) is 1.71. The zero-order valence-electron chi connectivity index (χ0n) is 10.8. The van der Waals surface area contributed by atoms with Gasteiger partial charge in [-0.2, -0.15) is 0 Å². The number of pyridine rings is 1. The molecule has 1 heterocycles. The number of aromatic nitrogens is 1. The largest absolute Gasteiger partial charge is 0.380 e. The summed E-state index contributed by atoms with van der Waals surface area (Å²) >= 11 is 0. The fraction of sp³-hybridized carbons (Fsp3) is 0.267. The lowest BCUT2D eigenvalue weighted by atomic mass is 10.1. The number of rotatable bonds is 5. The molecule has 0 bridgehead atoms. The molecule has 1 aromatic carbocycles. The first-order valence-electron chi connectivity index (χ1n) is 6.01. The van der Waals surface area contributed by atoms with Crippen LogP contribution in [0.15, 0.2) is 42.7 Å². The van der Waals surface area contributed by atoms with Crippen LogP contribution in [0.2, 0.25) is 0 Å². The molecule has 0 radical (unpaired) electrons. The van der Waals surface area contributed by atoms with Gasteiger partial charge in [-0.1, -0.05) is 24.3 Å². The van der Waals surface area contributed by atoms with E-state index in [1.807, 2.05) is 12.3 Å². The number of nitrogens with one attached hydrogen (secondary N) is 1. The van der Waals surface area contributed by atoms with Crippen LogP contribution >= 0.6 is 0 Å². The van der Waals surface area contributed by atoms with Crippen LogP contribution < -0.4 is 5.32 Å². The molecule has 0 fully saturated rings. The van der Waals surface area contributed by atoms with Crippen molar-refractivity contribution in [3.05, 3.63) is 59.4 Å². The van der Waals surface area contributed by atoms with Gasteiger partial charge in [0, 0.05) is 19.9 Å². The number of hydrogen-bond donors (Lipinski definition) is 1. The highest BCUT2D eigenvalue weighted by molar-refractivity contribution is 5.48. The average molecular weight is 242 g/mol. The van der Waals surface area contributed by atoms with E-state index in [2.05, 4.69) is 41.5 Å². The molecule has 0 unspecified atom stereocenters. The van der Waals surface area contributed by atoms with Gasteiger partial charge in [0.15, 0.2) is 0 Å². The Kier molecular flexibility index (Phi) is 4.31. The molecule has 2 aromatic rings. The first-order valence-corrected chi connectivity index (χ1v) is 6.01. The Balaban J connectivity index is 1.96. The number of nitrogens with zero attached hydrogens (tertiary/aromatic N) is 1. The second-order valence-electron chi connectivity index (χ2n) is 4.29. The van der Waals surface area contributed by atoms with Crippen molar-refractivity contribution in [1.29, 1.82) is 0 Å². The van der Waals surface area contributed by atoms with Gasteiger partial charge in [0.25, 0.3) is 0 Å². The molecule has 0 amide bonds. The lowest BCUT2D eigenvalue weighted by Gasteiger charge is -2.09. The Hall–Kier alpha value is -1.87. The third-order valence-corrected chi connectivity index (χ3v) is 2.86. The molecule has 94 valence electrons. The molecule has 0 saturated heterocycles. The van der Waals surface area contributed by atoms with Gasteiger partial charge < -0.3 is 10.1 Å². The zero-order valence-corrected chi connectivity index (χ0v) is 10.8.